The van der Waals surface area contributed by atoms with Crippen molar-refractivity contribution in [1.82, 2.24) is 14.5 Å². The van der Waals surface area contributed by atoms with Crippen LogP contribution < -0.4 is 10.6 Å². The number of benzene rings is 1. The zero-order valence-corrected chi connectivity index (χ0v) is 19.0. The molecule has 2 fully saturated rings. The number of morpholine rings is 1. The molecule has 4 rings (SSSR count). The Morgan fingerprint density at radius 3 is 2.80 bits per heavy atom. The number of rotatable bonds is 8. The summed E-state index contributed by atoms with van der Waals surface area (Å²) in [5.41, 5.74) is 0.255. The van der Waals surface area contributed by atoms with E-state index in [1.807, 2.05) is 0 Å². The number of amides is 1. The first-order valence-corrected chi connectivity index (χ1v) is 12.9. The third-order valence-corrected chi connectivity index (χ3v) is 8.67. The van der Waals surface area contributed by atoms with Gasteiger partial charge >= 0.3 is 0 Å². The first-order valence-electron chi connectivity index (χ1n) is 9.32. The molecule has 0 bridgehead atoms. The maximum absolute atomic E-state index is 12.8. The monoisotopic (exact) mass is 489 g/mol. The molecule has 1 aliphatic carbocycles. The van der Waals surface area contributed by atoms with E-state index in [-0.39, 0.29) is 27.3 Å². The van der Waals surface area contributed by atoms with Gasteiger partial charge in [0.05, 0.1) is 34.6 Å². The molecule has 162 valence electrons. The van der Waals surface area contributed by atoms with Crippen molar-refractivity contribution in [2.45, 2.75) is 28.1 Å². The predicted octanol–water partition coefficient (Wildman–Crippen LogP) is 2.52. The number of aromatic nitrogens is 2. The van der Waals surface area contributed by atoms with Crippen LogP contribution in [0, 0.1) is 0 Å². The van der Waals surface area contributed by atoms with E-state index in [0.29, 0.717) is 36.7 Å². The summed E-state index contributed by atoms with van der Waals surface area (Å²) in [5, 5.41) is 15.1. The van der Waals surface area contributed by atoms with Crippen molar-refractivity contribution in [3.8, 4) is 0 Å². The number of nitrogens with one attached hydrogen (secondary N) is 2. The summed E-state index contributed by atoms with van der Waals surface area (Å²) in [5.74, 6) is -0.204. The summed E-state index contributed by atoms with van der Waals surface area (Å²) < 4.78 is 32.9. The summed E-state index contributed by atoms with van der Waals surface area (Å²) in [4.78, 5) is 12.4. The fourth-order valence-corrected chi connectivity index (χ4v) is 5.97. The minimum Gasteiger partial charge on any atom is -0.379 e. The molecule has 1 saturated carbocycles. The zero-order chi connectivity index (χ0) is 21.1. The Hall–Kier alpha value is -1.44. The number of hydrogen-bond donors (Lipinski definition) is 2. The highest BCUT2D eigenvalue weighted by Gasteiger charge is 2.27. The Bertz CT molecular complexity index is 1020. The van der Waals surface area contributed by atoms with Gasteiger partial charge in [-0.2, -0.15) is 4.31 Å². The first-order chi connectivity index (χ1) is 14.4. The van der Waals surface area contributed by atoms with Crippen LogP contribution in [0.2, 0.25) is 5.02 Å². The molecule has 1 aromatic carbocycles. The summed E-state index contributed by atoms with van der Waals surface area (Å²) in [6.07, 6.45) is 2.29. The number of hydrogen-bond acceptors (Lipinski definition) is 9. The second-order valence-electron chi connectivity index (χ2n) is 6.79. The van der Waals surface area contributed by atoms with Crippen LogP contribution in [0.1, 0.15) is 12.8 Å². The largest absolute Gasteiger partial charge is 0.379 e. The maximum atomic E-state index is 12.8. The molecular weight excluding hydrogens is 470 g/mol. The van der Waals surface area contributed by atoms with Gasteiger partial charge in [-0.25, -0.2) is 8.42 Å². The number of carbonyl (C=O) groups is 1. The van der Waals surface area contributed by atoms with Crippen LogP contribution in [0.5, 0.6) is 0 Å². The van der Waals surface area contributed by atoms with Crippen LogP contribution in [0.15, 0.2) is 27.4 Å². The lowest BCUT2D eigenvalue weighted by Crippen LogP contribution is -2.40. The van der Waals surface area contributed by atoms with Crippen molar-refractivity contribution in [3.63, 3.8) is 0 Å². The van der Waals surface area contributed by atoms with Crippen LogP contribution in [0.3, 0.4) is 0 Å². The topological polar surface area (TPSA) is 114 Å². The van der Waals surface area contributed by atoms with Crippen LogP contribution in [-0.4, -0.2) is 66.9 Å². The molecule has 30 heavy (non-hydrogen) atoms. The molecule has 1 aliphatic heterocycles. The Kier molecular flexibility index (Phi) is 6.80. The van der Waals surface area contributed by atoms with Crippen LogP contribution >= 0.6 is 34.7 Å². The molecule has 2 aromatic rings. The van der Waals surface area contributed by atoms with E-state index in [1.54, 1.807) is 0 Å². The van der Waals surface area contributed by atoms with Crippen molar-refractivity contribution in [2.75, 3.05) is 42.7 Å². The number of ether oxygens (including phenoxy) is 1. The minimum atomic E-state index is -3.68. The van der Waals surface area contributed by atoms with Crippen LogP contribution in [0.25, 0.3) is 0 Å². The van der Waals surface area contributed by atoms with Gasteiger partial charge in [-0.1, -0.05) is 34.7 Å². The lowest BCUT2D eigenvalue weighted by Gasteiger charge is -2.26. The van der Waals surface area contributed by atoms with Gasteiger partial charge in [-0.15, -0.1) is 10.2 Å². The molecule has 1 amide bonds. The summed E-state index contributed by atoms with van der Waals surface area (Å²) in [6, 6.07) is 4.78. The van der Waals surface area contributed by atoms with Gasteiger partial charge in [0, 0.05) is 19.1 Å². The average molecular weight is 490 g/mol. The lowest BCUT2D eigenvalue weighted by molar-refractivity contribution is -0.113. The molecule has 0 radical (unpaired) electrons. The molecular formula is C17H20ClN5O4S3. The number of thioether (sulfide) groups is 1. The lowest BCUT2D eigenvalue weighted by atomic mass is 10.3. The molecule has 0 spiro atoms. The fourth-order valence-electron chi connectivity index (χ4n) is 2.74. The van der Waals surface area contributed by atoms with Crippen molar-refractivity contribution < 1.29 is 17.9 Å². The highest BCUT2D eigenvalue weighted by molar-refractivity contribution is 8.01. The third-order valence-electron chi connectivity index (χ3n) is 4.46. The summed E-state index contributed by atoms with van der Waals surface area (Å²) >= 11 is 8.84. The van der Waals surface area contributed by atoms with E-state index in [4.69, 9.17) is 16.3 Å². The van der Waals surface area contributed by atoms with Crippen molar-refractivity contribution in [2.24, 2.45) is 0 Å². The number of nitrogens with zero attached hydrogens (tertiary/aromatic N) is 3. The quantitative estimate of drug-likeness (QED) is 0.544. The Balaban J connectivity index is 1.37. The predicted molar refractivity (Wildman–Crippen MR) is 117 cm³/mol. The fraction of sp³-hybridized carbons (Fsp3) is 0.471. The summed E-state index contributed by atoms with van der Waals surface area (Å²) in [7, 11) is -3.68. The molecule has 2 aliphatic rings. The van der Waals surface area contributed by atoms with E-state index >= 15 is 0 Å². The van der Waals surface area contributed by atoms with Gasteiger partial charge in [0.15, 0.2) is 4.34 Å². The molecule has 2 heterocycles. The minimum absolute atomic E-state index is 0.0802. The van der Waals surface area contributed by atoms with Gasteiger partial charge in [0.2, 0.25) is 21.1 Å². The molecule has 0 unspecified atom stereocenters. The second kappa shape index (κ2) is 9.37. The Morgan fingerprint density at radius 1 is 1.30 bits per heavy atom. The van der Waals surface area contributed by atoms with Crippen LogP contribution in [-0.2, 0) is 19.6 Å². The van der Waals surface area contributed by atoms with Gasteiger partial charge in [-0.05, 0) is 31.0 Å². The van der Waals surface area contributed by atoms with E-state index in [0.717, 1.165) is 18.0 Å². The standard InChI is InChI=1S/C17H20ClN5O4S3/c18-13-4-3-12(30(25,26)23-5-7-27-8-6-23)9-14(13)20-15(24)10-28-17-22-21-16(29-17)19-11-1-2-11/h3-4,9,11H,1-2,5-8,10H2,(H,19,21)(H,20,24). The molecule has 0 atom stereocenters. The van der Waals surface area contributed by atoms with Gasteiger partial charge < -0.3 is 15.4 Å². The second-order valence-corrected chi connectivity index (χ2v) is 11.3. The molecule has 1 saturated heterocycles. The molecule has 9 nitrogen and oxygen atoms in total. The number of halogens is 1. The highest BCUT2D eigenvalue weighted by Crippen LogP contribution is 2.31. The van der Waals surface area contributed by atoms with Gasteiger partial charge in [0.25, 0.3) is 0 Å². The average Bonchev–Trinajstić information content (AvgIpc) is 3.44. The maximum Gasteiger partial charge on any atom is 0.243 e. The van der Waals surface area contributed by atoms with Gasteiger partial charge in [-0.3, -0.25) is 4.79 Å². The number of carbonyl (C=O) groups excluding carboxylic acids is 1. The molecule has 2 N–H and O–H groups in total. The zero-order valence-electron chi connectivity index (χ0n) is 15.8. The Labute approximate surface area is 187 Å². The number of anilines is 2. The highest BCUT2D eigenvalue weighted by atomic mass is 35.5. The third kappa shape index (κ3) is 5.42. The van der Waals surface area contributed by atoms with Crippen molar-refractivity contribution >= 4 is 61.4 Å². The molecule has 1 aromatic heterocycles. The van der Waals surface area contributed by atoms with Crippen LogP contribution in [0.4, 0.5) is 10.8 Å². The smallest absolute Gasteiger partial charge is 0.243 e. The Morgan fingerprint density at radius 2 is 2.07 bits per heavy atom. The van der Waals surface area contributed by atoms with E-state index in [1.165, 1.54) is 45.6 Å². The van der Waals surface area contributed by atoms with Gasteiger partial charge in [0.1, 0.15) is 0 Å². The summed E-state index contributed by atoms with van der Waals surface area (Å²) in [6.45, 7) is 1.31. The number of sulfonamides is 1. The van der Waals surface area contributed by atoms with E-state index in [9.17, 15) is 13.2 Å². The van der Waals surface area contributed by atoms with E-state index < -0.39 is 10.0 Å². The normalized spacial score (nSPS) is 17.6. The van der Waals surface area contributed by atoms with Crippen molar-refractivity contribution in [1.29, 1.82) is 0 Å². The SMILES string of the molecule is O=C(CSc1nnc(NC2CC2)s1)Nc1cc(S(=O)(=O)N2CCOCC2)ccc1Cl. The van der Waals surface area contributed by atoms with Crippen molar-refractivity contribution in [3.05, 3.63) is 23.2 Å². The van der Waals surface area contributed by atoms with E-state index in [2.05, 4.69) is 20.8 Å². The first kappa shape index (κ1) is 21.8. The molecule has 13 heteroatoms.